The number of benzene rings is 1. The number of likely N-dealkylation sites (N-methyl/N-ethyl adjacent to an activating group) is 1. The van der Waals surface area contributed by atoms with Crippen molar-refractivity contribution in [3.05, 3.63) is 29.6 Å². The molecule has 1 aromatic carbocycles. The van der Waals surface area contributed by atoms with Crippen LogP contribution in [0.25, 0.3) is 0 Å². The Kier molecular flexibility index (Phi) is 4.30. The zero-order chi connectivity index (χ0) is 15.5. The molecule has 2 amide bonds. The van der Waals surface area contributed by atoms with Crippen LogP contribution in [0.4, 0.5) is 14.9 Å². The number of nitriles is 1. The number of amides is 2. The highest BCUT2D eigenvalue weighted by Gasteiger charge is 2.35. The summed E-state index contributed by atoms with van der Waals surface area (Å²) in [6.07, 6.45) is 0. The average Bonchev–Trinajstić information content (AvgIpc) is 2.39. The Morgan fingerprint density at radius 2 is 2.05 bits per heavy atom. The fourth-order valence-electron chi connectivity index (χ4n) is 1.31. The molecule has 106 valence electrons. The van der Waals surface area contributed by atoms with Gasteiger partial charge in [0.05, 0.1) is 11.3 Å². The predicted octanol–water partition coefficient (Wildman–Crippen LogP) is 2.02. The number of carbonyl (C=O) groups is 2. The van der Waals surface area contributed by atoms with Gasteiger partial charge in [-0.05, 0) is 32.0 Å². The van der Waals surface area contributed by atoms with E-state index in [2.05, 4.69) is 5.32 Å². The topological polar surface area (TPSA) is 93.4 Å². The quantitative estimate of drug-likeness (QED) is 0.885. The van der Waals surface area contributed by atoms with E-state index in [4.69, 9.17) is 10.4 Å². The standard InChI is InChI=1S/C13H14FN3O3/c1-13(2,11(18)19)17(3)12(20)16-10-5-4-9(14)6-8(10)7-15/h4-6H,1-3H3,(H,16,20)(H,18,19). The van der Waals surface area contributed by atoms with Gasteiger partial charge in [0.25, 0.3) is 0 Å². The van der Waals surface area contributed by atoms with Gasteiger partial charge in [-0.3, -0.25) is 0 Å². The molecule has 0 aliphatic heterocycles. The van der Waals surface area contributed by atoms with Crippen LogP contribution >= 0.6 is 0 Å². The molecule has 0 aliphatic rings. The molecule has 0 atom stereocenters. The van der Waals surface area contributed by atoms with Gasteiger partial charge in [0.15, 0.2) is 0 Å². The average molecular weight is 279 g/mol. The minimum absolute atomic E-state index is 0.0418. The van der Waals surface area contributed by atoms with E-state index in [1.807, 2.05) is 0 Å². The molecule has 0 spiro atoms. The van der Waals surface area contributed by atoms with Crippen molar-refractivity contribution in [2.45, 2.75) is 19.4 Å². The smallest absolute Gasteiger partial charge is 0.329 e. The van der Waals surface area contributed by atoms with E-state index >= 15 is 0 Å². The van der Waals surface area contributed by atoms with Crippen LogP contribution in [0.3, 0.4) is 0 Å². The third kappa shape index (κ3) is 3.03. The summed E-state index contributed by atoms with van der Waals surface area (Å²) in [5.74, 6) is -1.77. The second kappa shape index (κ2) is 5.57. The van der Waals surface area contributed by atoms with Crippen LogP contribution in [0.15, 0.2) is 18.2 Å². The minimum atomic E-state index is -1.42. The monoisotopic (exact) mass is 279 g/mol. The summed E-state index contributed by atoms with van der Waals surface area (Å²) in [5, 5.41) is 20.3. The molecule has 6 nitrogen and oxygen atoms in total. The van der Waals surface area contributed by atoms with Gasteiger partial charge in [0.1, 0.15) is 17.4 Å². The highest BCUT2D eigenvalue weighted by Crippen LogP contribution is 2.19. The zero-order valence-electron chi connectivity index (χ0n) is 11.3. The van der Waals surface area contributed by atoms with Crippen molar-refractivity contribution in [2.75, 3.05) is 12.4 Å². The molecule has 0 saturated carbocycles. The fraction of sp³-hybridized carbons (Fsp3) is 0.308. The van der Waals surface area contributed by atoms with Gasteiger partial charge >= 0.3 is 12.0 Å². The van der Waals surface area contributed by atoms with E-state index in [0.717, 1.165) is 17.0 Å². The van der Waals surface area contributed by atoms with Crippen molar-refractivity contribution >= 4 is 17.7 Å². The van der Waals surface area contributed by atoms with Gasteiger partial charge in [-0.2, -0.15) is 5.26 Å². The number of carbonyl (C=O) groups excluding carboxylic acids is 1. The van der Waals surface area contributed by atoms with Crippen LogP contribution in [0.5, 0.6) is 0 Å². The second-order valence-corrected chi connectivity index (χ2v) is 4.66. The van der Waals surface area contributed by atoms with Crippen LogP contribution in [0.2, 0.25) is 0 Å². The minimum Gasteiger partial charge on any atom is -0.480 e. The van der Waals surface area contributed by atoms with Crippen molar-refractivity contribution in [2.24, 2.45) is 0 Å². The van der Waals surface area contributed by atoms with Crippen molar-refractivity contribution in [1.82, 2.24) is 4.90 Å². The lowest BCUT2D eigenvalue weighted by Crippen LogP contribution is -2.52. The summed E-state index contributed by atoms with van der Waals surface area (Å²) in [6, 6.07) is 4.37. The molecule has 0 bridgehead atoms. The number of rotatable bonds is 3. The molecule has 20 heavy (non-hydrogen) atoms. The van der Waals surface area contributed by atoms with E-state index in [0.29, 0.717) is 0 Å². The summed E-state index contributed by atoms with van der Waals surface area (Å²) < 4.78 is 13.0. The van der Waals surface area contributed by atoms with Gasteiger partial charge in [-0.1, -0.05) is 0 Å². The normalized spacial score (nSPS) is 10.6. The molecule has 1 rings (SSSR count). The molecule has 7 heteroatoms. The lowest BCUT2D eigenvalue weighted by atomic mass is 10.0. The maximum absolute atomic E-state index is 13.0. The molecule has 2 N–H and O–H groups in total. The maximum Gasteiger partial charge on any atom is 0.329 e. The molecule has 0 heterocycles. The first-order valence-corrected chi connectivity index (χ1v) is 5.68. The first-order chi connectivity index (χ1) is 9.20. The van der Waals surface area contributed by atoms with Crippen LogP contribution in [-0.4, -0.2) is 34.6 Å². The van der Waals surface area contributed by atoms with E-state index in [1.165, 1.54) is 27.0 Å². The highest BCUT2D eigenvalue weighted by atomic mass is 19.1. The number of hydrogen-bond donors (Lipinski definition) is 2. The Labute approximate surface area is 115 Å². The van der Waals surface area contributed by atoms with Crippen LogP contribution in [-0.2, 0) is 4.79 Å². The number of nitrogens with one attached hydrogen (secondary N) is 1. The SMILES string of the molecule is CN(C(=O)Nc1ccc(F)cc1C#N)C(C)(C)C(=O)O. The van der Waals surface area contributed by atoms with Gasteiger partial charge < -0.3 is 15.3 Å². The Morgan fingerprint density at radius 1 is 1.45 bits per heavy atom. The molecule has 0 saturated heterocycles. The van der Waals surface area contributed by atoms with Gasteiger partial charge in [0, 0.05) is 7.05 Å². The lowest BCUT2D eigenvalue weighted by Gasteiger charge is -2.31. The number of carboxylic acids is 1. The fourth-order valence-corrected chi connectivity index (χ4v) is 1.31. The molecule has 0 fully saturated rings. The van der Waals surface area contributed by atoms with Crippen molar-refractivity contribution in [3.8, 4) is 6.07 Å². The lowest BCUT2D eigenvalue weighted by molar-refractivity contribution is -0.146. The number of halogens is 1. The van der Waals surface area contributed by atoms with Crippen molar-refractivity contribution in [1.29, 1.82) is 5.26 Å². The van der Waals surface area contributed by atoms with Crippen LogP contribution in [0, 0.1) is 17.1 Å². The molecular formula is C13H14FN3O3. The molecular weight excluding hydrogens is 265 g/mol. The third-order valence-corrected chi connectivity index (χ3v) is 3.01. The van der Waals surface area contributed by atoms with E-state index in [-0.39, 0.29) is 11.3 Å². The number of aliphatic carboxylic acids is 1. The van der Waals surface area contributed by atoms with Crippen LogP contribution in [0.1, 0.15) is 19.4 Å². The van der Waals surface area contributed by atoms with Crippen molar-refractivity contribution < 1.29 is 19.1 Å². The summed E-state index contributed by atoms with van der Waals surface area (Å²) >= 11 is 0. The highest BCUT2D eigenvalue weighted by molar-refractivity contribution is 5.94. The largest absolute Gasteiger partial charge is 0.480 e. The maximum atomic E-state index is 13.0. The summed E-state index contributed by atoms with van der Waals surface area (Å²) in [4.78, 5) is 24.0. The Bertz CT molecular complexity index is 593. The first-order valence-electron chi connectivity index (χ1n) is 5.68. The zero-order valence-corrected chi connectivity index (χ0v) is 11.3. The molecule has 0 radical (unpaired) electrons. The van der Waals surface area contributed by atoms with E-state index in [9.17, 15) is 14.0 Å². The van der Waals surface area contributed by atoms with Gasteiger partial charge in [0.2, 0.25) is 0 Å². The number of anilines is 1. The summed E-state index contributed by atoms with van der Waals surface area (Å²) in [5.41, 5.74) is -1.34. The first kappa shape index (κ1) is 15.4. The Balaban J connectivity index is 2.98. The Hall–Kier alpha value is -2.62. The van der Waals surface area contributed by atoms with Gasteiger partial charge in [-0.15, -0.1) is 0 Å². The second-order valence-electron chi connectivity index (χ2n) is 4.66. The Morgan fingerprint density at radius 3 is 2.55 bits per heavy atom. The number of carboxylic acid groups (broad SMARTS) is 1. The van der Waals surface area contributed by atoms with Crippen LogP contribution < -0.4 is 5.32 Å². The summed E-state index contributed by atoms with van der Waals surface area (Å²) in [6.45, 7) is 2.73. The molecule has 1 aromatic rings. The van der Waals surface area contributed by atoms with Crippen molar-refractivity contribution in [3.63, 3.8) is 0 Å². The predicted molar refractivity (Wildman–Crippen MR) is 69.6 cm³/mol. The summed E-state index contributed by atoms with van der Waals surface area (Å²) in [7, 11) is 1.32. The van der Waals surface area contributed by atoms with Gasteiger partial charge in [-0.25, -0.2) is 14.0 Å². The molecule has 0 aromatic heterocycles. The number of hydrogen-bond acceptors (Lipinski definition) is 3. The van der Waals surface area contributed by atoms with E-state index in [1.54, 1.807) is 6.07 Å². The third-order valence-electron chi connectivity index (χ3n) is 3.01. The molecule has 0 unspecified atom stereocenters. The number of urea groups is 1. The molecule has 0 aliphatic carbocycles. The number of nitrogens with zero attached hydrogens (tertiary/aromatic N) is 2. The van der Waals surface area contributed by atoms with E-state index < -0.39 is 23.4 Å².